The van der Waals surface area contributed by atoms with Crippen molar-refractivity contribution in [3.8, 4) is 0 Å². The first-order chi connectivity index (χ1) is 14.8. The molecule has 0 saturated carbocycles. The van der Waals surface area contributed by atoms with Gasteiger partial charge in [-0.1, -0.05) is 35.9 Å². The number of carbonyl (C=O) groups is 1. The minimum atomic E-state index is -3.78. The smallest absolute Gasteiger partial charge is 0.251 e. The molecule has 0 aliphatic carbocycles. The van der Waals surface area contributed by atoms with Gasteiger partial charge in [0.05, 0.1) is 16.3 Å². The zero-order valence-electron chi connectivity index (χ0n) is 16.9. The lowest BCUT2D eigenvalue weighted by atomic mass is 10.2. The van der Waals surface area contributed by atoms with E-state index in [0.29, 0.717) is 34.1 Å². The van der Waals surface area contributed by atoms with Crippen LogP contribution in [0.3, 0.4) is 0 Å². The molecule has 0 aliphatic rings. The molecular formula is C22H23ClN4O3S. The Labute approximate surface area is 186 Å². The number of benzene rings is 3. The van der Waals surface area contributed by atoms with E-state index >= 15 is 0 Å². The fraction of sp³-hybridized carbons (Fsp3) is 0.136. The Kier molecular flexibility index (Phi) is 7.29. The van der Waals surface area contributed by atoms with Gasteiger partial charge in [0.15, 0.2) is 0 Å². The summed E-state index contributed by atoms with van der Waals surface area (Å²) in [7, 11) is -3.78. The van der Waals surface area contributed by atoms with Crippen molar-refractivity contribution >= 4 is 38.9 Å². The SMILES string of the molecule is CCNC(=O)c1ccc(N(N)c2cccc(S(=O)(=O)NCc3ccccc3Cl)c2)cc1. The third-order valence-corrected chi connectivity index (χ3v) is 6.33. The molecule has 162 valence electrons. The van der Waals surface area contributed by atoms with E-state index < -0.39 is 10.0 Å². The third-order valence-electron chi connectivity index (χ3n) is 4.56. The zero-order valence-corrected chi connectivity index (χ0v) is 18.5. The minimum absolute atomic E-state index is 0.0693. The maximum atomic E-state index is 12.8. The summed E-state index contributed by atoms with van der Waals surface area (Å²) >= 11 is 6.10. The highest BCUT2D eigenvalue weighted by molar-refractivity contribution is 7.89. The number of nitrogens with one attached hydrogen (secondary N) is 2. The molecule has 1 amide bonds. The molecule has 0 radical (unpaired) electrons. The van der Waals surface area contributed by atoms with E-state index in [2.05, 4.69) is 10.0 Å². The van der Waals surface area contributed by atoms with Gasteiger partial charge >= 0.3 is 0 Å². The van der Waals surface area contributed by atoms with Gasteiger partial charge < -0.3 is 5.32 Å². The molecule has 31 heavy (non-hydrogen) atoms. The summed E-state index contributed by atoms with van der Waals surface area (Å²) in [6.45, 7) is 2.45. The monoisotopic (exact) mass is 458 g/mol. The Balaban J connectivity index is 1.77. The van der Waals surface area contributed by atoms with Gasteiger partial charge in [0.25, 0.3) is 5.91 Å². The van der Waals surface area contributed by atoms with E-state index in [9.17, 15) is 13.2 Å². The van der Waals surface area contributed by atoms with Gasteiger partial charge in [0.2, 0.25) is 10.0 Å². The van der Waals surface area contributed by atoms with Gasteiger partial charge in [0.1, 0.15) is 0 Å². The lowest BCUT2D eigenvalue weighted by molar-refractivity contribution is 0.0956. The molecule has 0 fully saturated rings. The predicted molar refractivity (Wildman–Crippen MR) is 123 cm³/mol. The van der Waals surface area contributed by atoms with Crippen LogP contribution in [0.5, 0.6) is 0 Å². The summed E-state index contributed by atoms with van der Waals surface area (Å²) < 4.78 is 28.1. The normalized spacial score (nSPS) is 11.2. The summed E-state index contributed by atoms with van der Waals surface area (Å²) in [6.07, 6.45) is 0. The number of amides is 1. The van der Waals surface area contributed by atoms with Crippen LogP contribution in [-0.2, 0) is 16.6 Å². The molecule has 9 heteroatoms. The predicted octanol–water partition coefficient (Wildman–Crippen LogP) is 3.58. The second-order valence-electron chi connectivity index (χ2n) is 6.69. The zero-order chi connectivity index (χ0) is 22.4. The number of hydrazine groups is 1. The van der Waals surface area contributed by atoms with E-state index in [4.69, 9.17) is 17.4 Å². The molecule has 7 nitrogen and oxygen atoms in total. The number of halogens is 1. The van der Waals surface area contributed by atoms with Gasteiger partial charge in [-0.25, -0.2) is 19.0 Å². The molecule has 4 N–H and O–H groups in total. The van der Waals surface area contributed by atoms with Crippen LogP contribution in [0.25, 0.3) is 0 Å². The minimum Gasteiger partial charge on any atom is -0.352 e. The number of nitrogens with two attached hydrogens (primary N) is 1. The first-order valence-electron chi connectivity index (χ1n) is 9.58. The van der Waals surface area contributed by atoms with E-state index in [1.54, 1.807) is 60.7 Å². The molecule has 0 unspecified atom stereocenters. The largest absolute Gasteiger partial charge is 0.352 e. The summed E-state index contributed by atoms with van der Waals surface area (Å²) in [5.41, 5.74) is 2.27. The van der Waals surface area contributed by atoms with Crippen LogP contribution in [0, 0.1) is 0 Å². The number of hydrogen-bond donors (Lipinski definition) is 3. The number of rotatable bonds is 8. The summed E-state index contributed by atoms with van der Waals surface area (Å²) in [5, 5.41) is 4.57. The summed E-state index contributed by atoms with van der Waals surface area (Å²) in [5.74, 6) is 6.03. The lowest BCUT2D eigenvalue weighted by Gasteiger charge is -2.20. The van der Waals surface area contributed by atoms with Crippen LogP contribution in [0.4, 0.5) is 11.4 Å². The molecule has 3 aromatic carbocycles. The van der Waals surface area contributed by atoms with Crippen LogP contribution in [-0.4, -0.2) is 20.9 Å². The van der Waals surface area contributed by atoms with Crippen molar-refractivity contribution in [2.75, 3.05) is 11.6 Å². The van der Waals surface area contributed by atoms with Crippen molar-refractivity contribution < 1.29 is 13.2 Å². The van der Waals surface area contributed by atoms with Gasteiger partial charge in [-0.05, 0) is 61.0 Å². The molecule has 0 aliphatic heterocycles. The van der Waals surface area contributed by atoms with Crippen molar-refractivity contribution in [2.45, 2.75) is 18.4 Å². The lowest BCUT2D eigenvalue weighted by Crippen LogP contribution is -2.27. The van der Waals surface area contributed by atoms with Crippen molar-refractivity contribution in [3.05, 3.63) is 88.9 Å². The van der Waals surface area contributed by atoms with Gasteiger partial charge in [0, 0.05) is 23.7 Å². The van der Waals surface area contributed by atoms with Crippen LogP contribution >= 0.6 is 11.6 Å². The second-order valence-corrected chi connectivity index (χ2v) is 8.86. The molecular weight excluding hydrogens is 436 g/mol. The summed E-state index contributed by atoms with van der Waals surface area (Å²) in [6, 6.07) is 20.0. The van der Waals surface area contributed by atoms with Crippen molar-refractivity contribution in [1.29, 1.82) is 0 Å². The van der Waals surface area contributed by atoms with Crippen LogP contribution in [0.1, 0.15) is 22.8 Å². The van der Waals surface area contributed by atoms with Crippen LogP contribution in [0.15, 0.2) is 77.7 Å². The highest BCUT2D eigenvalue weighted by Crippen LogP contribution is 2.25. The summed E-state index contributed by atoms with van der Waals surface area (Å²) in [4.78, 5) is 12.0. The van der Waals surface area contributed by atoms with Crippen molar-refractivity contribution in [1.82, 2.24) is 10.0 Å². The topological polar surface area (TPSA) is 105 Å². The Hall–Kier alpha value is -2.91. The fourth-order valence-corrected chi connectivity index (χ4v) is 4.13. The Bertz CT molecular complexity index is 1170. The number of carbonyl (C=O) groups excluding carboxylic acids is 1. The van der Waals surface area contributed by atoms with Crippen molar-refractivity contribution in [2.24, 2.45) is 5.84 Å². The number of sulfonamides is 1. The molecule has 0 atom stereocenters. The van der Waals surface area contributed by atoms with Gasteiger partial charge in [-0.15, -0.1) is 0 Å². The van der Waals surface area contributed by atoms with E-state index in [0.717, 1.165) is 0 Å². The molecule has 0 saturated heterocycles. The molecule has 0 aromatic heterocycles. The highest BCUT2D eigenvalue weighted by Gasteiger charge is 2.16. The molecule has 0 bridgehead atoms. The quantitative estimate of drug-likeness (QED) is 0.353. The number of hydrogen-bond acceptors (Lipinski definition) is 5. The molecule has 3 rings (SSSR count). The van der Waals surface area contributed by atoms with Crippen LogP contribution in [0.2, 0.25) is 5.02 Å². The molecule has 0 spiro atoms. The number of nitrogens with zero attached hydrogens (tertiary/aromatic N) is 1. The van der Waals surface area contributed by atoms with Gasteiger partial charge in [-0.3, -0.25) is 9.80 Å². The molecule has 3 aromatic rings. The highest BCUT2D eigenvalue weighted by atomic mass is 35.5. The van der Waals surface area contributed by atoms with Crippen molar-refractivity contribution in [3.63, 3.8) is 0 Å². The first kappa shape index (κ1) is 22.8. The Morgan fingerprint density at radius 2 is 1.71 bits per heavy atom. The molecule has 0 heterocycles. The Morgan fingerprint density at radius 3 is 2.39 bits per heavy atom. The second kappa shape index (κ2) is 9.93. The third kappa shape index (κ3) is 5.62. The first-order valence-corrected chi connectivity index (χ1v) is 11.4. The van der Waals surface area contributed by atoms with Gasteiger partial charge in [-0.2, -0.15) is 0 Å². The maximum Gasteiger partial charge on any atom is 0.251 e. The average Bonchev–Trinajstić information content (AvgIpc) is 2.78. The number of anilines is 2. The average molecular weight is 459 g/mol. The Morgan fingerprint density at radius 1 is 1.00 bits per heavy atom. The van der Waals surface area contributed by atoms with E-state index in [1.165, 1.54) is 17.1 Å². The van der Waals surface area contributed by atoms with E-state index in [1.807, 2.05) is 6.92 Å². The van der Waals surface area contributed by atoms with E-state index in [-0.39, 0.29) is 17.3 Å². The van der Waals surface area contributed by atoms with Crippen LogP contribution < -0.4 is 20.9 Å². The standard InChI is InChI=1S/C22H23ClN4O3S/c1-2-25-22(28)16-10-12-18(13-11-16)27(24)19-7-5-8-20(14-19)31(29,30)26-15-17-6-3-4-9-21(17)23/h3-14,26H,2,15,24H2,1H3,(H,25,28). The maximum absolute atomic E-state index is 12.8. The fourth-order valence-electron chi connectivity index (χ4n) is 2.88.